The van der Waals surface area contributed by atoms with Crippen molar-refractivity contribution < 1.29 is 61.6 Å². The minimum Gasteiger partial charge on any atom is -0.469 e. The largest absolute Gasteiger partial charge is 0.469 e. The fourth-order valence-corrected chi connectivity index (χ4v) is 6.00. The topological polar surface area (TPSA) is 72.9 Å². The molecule has 1 saturated carbocycles. The number of ether oxygens (including phenoxy) is 1. The Morgan fingerprint density at radius 3 is 2.05 bits per heavy atom. The van der Waals surface area contributed by atoms with Crippen LogP contribution in [0.3, 0.4) is 0 Å². The Bertz CT molecular complexity index is 1190. The van der Waals surface area contributed by atoms with Crippen LogP contribution in [-0.2, 0) is 32.5 Å². The van der Waals surface area contributed by atoms with Crippen LogP contribution in [0.1, 0.15) is 24.0 Å². The summed E-state index contributed by atoms with van der Waals surface area (Å²) in [5.41, 5.74) is 0.845. The predicted molar refractivity (Wildman–Crippen MR) is 107 cm³/mol. The second-order valence-electron chi connectivity index (χ2n) is 9.74. The molecule has 1 spiro atoms. The molecule has 1 saturated heterocycles. The van der Waals surface area contributed by atoms with Gasteiger partial charge in [0.2, 0.25) is 0 Å². The van der Waals surface area contributed by atoms with Crippen LogP contribution in [0.25, 0.3) is 0 Å². The Balaban J connectivity index is 1.43. The van der Waals surface area contributed by atoms with Crippen molar-refractivity contribution in [2.24, 2.45) is 11.3 Å². The molecule has 208 valence electrons. The standard InChI is InChI=1S/C21H20F9NO5S/c1-35-16(32)12-4-14(5-12)31-9-17(10-31)7-11-2-3-15(6-13(11)8-17)36-37(33,34)21(29,30)19(24,25)18(22,23)20(26,27)28/h2-3,6,12,14H,4-5,7-10H2,1H3. The smallest absolute Gasteiger partial charge is 0.460 e. The van der Waals surface area contributed by atoms with Gasteiger partial charge in [-0.2, -0.15) is 47.9 Å². The number of nitrogens with zero attached hydrogens (tertiary/aromatic N) is 1. The van der Waals surface area contributed by atoms with Gasteiger partial charge >= 0.3 is 39.4 Å². The minimum absolute atomic E-state index is 0.171. The average molecular weight is 569 g/mol. The summed E-state index contributed by atoms with van der Waals surface area (Å²) in [7, 11) is -5.69. The normalized spacial score (nSPS) is 24.3. The lowest BCUT2D eigenvalue weighted by Crippen LogP contribution is -2.63. The average Bonchev–Trinajstić information content (AvgIpc) is 3.09. The van der Waals surface area contributed by atoms with Crippen LogP contribution in [0.2, 0.25) is 0 Å². The van der Waals surface area contributed by atoms with Crippen LogP contribution in [0.15, 0.2) is 18.2 Å². The number of methoxy groups -OCH3 is 1. The van der Waals surface area contributed by atoms with Crippen LogP contribution in [0, 0.1) is 11.3 Å². The lowest BCUT2D eigenvalue weighted by Gasteiger charge is -2.55. The van der Waals surface area contributed by atoms with E-state index in [0.717, 1.165) is 12.1 Å². The molecule has 37 heavy (non-hydrogen) atoms. The second-order valence-corrected chi connectivity index (χ2v) is 11.3. The van der Waals surface area contributed by atoms with Crippen molar-refractivity contribution in [2.45, 2.75) is 55.0 Å². The Morgan fingerprint density at radius 1 is 0.946 bits per heavy atom. The maximum atomic E-state index is 13.9. The third-order valence-electron chi connectivity index (χ3n) is 7.19. The highest BCUT2D eigenvalue weighted by Gasteiger charge is 2.86. The SMILES string of the molecule is COC(=O)C1CC(N2CC3(Cc4ccc(OS(=O)(=O)C(F)(F)C(F)(F)C(F)(F)C(F)(F)F)cc4C3)C2)C1. The van der Waals surface area contributed by atoms with Crippen LogP contribution in [-0.4, -0.2) is 68.8 Å². The molecule has 4 rings (SSSR count). The van der Waals surface area contributed by atoms with Gasteiger partial charge in [-0.15, -0.1) is 0 Å². The minimum atomic E-state index is -7.36. The monoisotopic (exact) mass is 569 g/mol. The van der Waals surface area contributed by atoms with Crippen LogP contribution in [0.4, 0.5) is 39.5 Å². The van der Waals surface area contributed by atoms with E-state index in [0.29, 0.717) is 49.9 Å². The maximum absolute atomic E-state index is 13.9. The van der Waals surface area contributed by atoms with E-state index in [2.05, 4.69) is 9.08 Å². The van der Waals surface area contributed by atoms with Gasteiger partial charge in [-0.05, 0) is 48.9 Å². The fraction of sp³-hybridized carbons (Fsp3) is 0.667. The zero-order valence-electron chi connectivity index (χ0n) is 18.9. The molecule has 3 aliphatic rings. The van der Waals surface area contributed by atoms with Crippen molar-refractivity contribution in [1.29, 1.82) is 0 Å². The van der Waals surface area contributed by atoms with Crippen LogP contribution < -0.4 is 4.18 Å². The number of hydrogen-bond donors (Lipinski definition) is 0. The van der Waals surface area contributed by atoms with Gasteiger partial charge in [-0.25, -0.2) is 0 Å². The summed E-state index contributed by atoms with van der Waals surface area (Å²) in [5.74, 6) is -16.1. The van der Waals surface area contributed by atoms with Gasteiger partial charge in [0.05, 0.1) is 13.0 Å². The number of esters is 1. The Labute approximate surface area is 204 Å². The molecular weight excluding hydrogens is 549 g/mol. The predicted octanol–water partition coefficient (Wildman–Crippen LogP) is 4.17. The van der Waals surface area contributed by atoms with Gasteiger partial charge in [0.15, 0.2) is 0 Å². The summed E-state index contributed by atoms with van der Waals surface area (Å²) in [6.45, 7) is 1.23. The molecule has 2 fully saturated rings. The van der Waals surface area contributed by atoms with E-state index < -0.39 is 39.1 Å². The first-order valence-electron chi connectivity index (χ1n) is 10.8. The Morgan fingerprint density at radius 2 is 1.51 bits per heavy atom. The van der Waals surface area contributed by atoms with E-state index in [1.54, 1.807) is 0 Å². The van der Waals surface area contributed by atoms with E-state index in [1.807, 2.05) is 0 Å². The van der Waals surface area contributed by atoms with E-state index in [9.17, 15) is 52.7 Å². The fourth-order valence-electron chi connectivity index (χ4n) is 5.10. The molecule has 0 bridgehead atoms. The molecule has 1 heterocycles. The van der Waals surface area contributed by atoms with Crippen molar-refractivity contribution in [3.05, 3.63) is 29.3 Å². The maximum Gasteiger partial charge on any atom is 0.460 e. The first-order chi connectivity index (χ1) is 16.8. The van der Waals surface area contributed by atoms with E-state index in [-0.39, 0.29) is 23.3 Å². The molecule has 1 aromatic carbocycles. The quantitative estimate of drug-likeness (QED) is 0.279. The van der Waals surface area contributed by atoms with Crippen molar-refractivity contribution in [3.63, 3.8) is 0 Å². The first-order valence-corrected chi connectivity index (χ1v) is 12.3. The van der Waals surface area contributed by atoms with E-state index in [4.69, 9.17) is 4.74 Å². The third kappa shape index (κ3) is 4.23. The van der Waals surface area contributed by atoms with E-state index >= 15 is 0 Å². The number of alkyl halides is 9. The molecule has 1 aromatic rings. The Kier molecular flexibility index (Phi) is 6.30. The van der Waals surface area contributed by atoms with Gasteiger partial charge in [-0.3, -0.25) is 9.69 Å². The lowest BCUT2D eigenvalue weighted by atomic mass is 9.71. The van der Waals surface area contributed by atoms with Gasteiger partial charge in [0.25, 0.3) is 0 Å². The highest BCUT2D eigenvalue weighted by atomic mass is 32.2. The van der Waals surface area contributed by atoms with Crippen molar-refractivity contribution in [3.8, 4) is 5.75 Å². The number of carbonyl (C=O) groups excluding carboxylic acids is 1. The lowest BCUT2D eigenvalue weighted by molar-refractivity contribution is -0.382. The van der Waals surface area contributed by atoms with Crippen molar-refractivity contribution in [2.75, 3.05) is 20.2 Å². The van der Waals surface area contributed by atoms with Gasteiger partial charge in [0.1, 0.15) is 5.75 Å². The van der Waals surface area contributed by atoms with Gasteiger partial charge in [0, 0.05) is 24.5 Å². The van der Waals surface area contributed by atoms with E-state index in [1.165, 1.54) is 13.2 Å². The summed E-state index contributed by atoms with van der Waals surface area (Å²) >= 11 is 0. The number of hydrogen-bond acceptors (Lipinski definition) is 6. The highest BCUT2D eigenvalue weighted by Crippen LogP contribution is 2.55. The molecule has 16 heteroatoms. The number of carbonyl (C=O) groups is 1. The number of benzene rings is 1. The summed E-state index contributed by atoms with van der Waals surface area (Å²) in [5, 5.41) is -6.92. The molecule has 0 unspecified atom stereocenters. The number of likely N-dealkylation sites (tertiary alicyclic amines) is 1. The molecule has 0 N–H and O–H groups in total. The molecule has 6 nitrogen and oxygen atoms in total. The summed E-state index contributed by atoms with van der Waals surface area (Å²) in [4.78, 5) is 13.7. The van der Waals surface area contributed by atoms with Gasteiger partial charge in [-0.1, -0.05) is 6.07 Å². The first kappa shape index (κ1) is 27.8. The van der Waals surface area contributed by atoms with Crippen molar-refractivity contribution >= 4 is 16.1 Å². The zero-order valence-corrected chi connectivity index (χ0v) is 19.7. The molecule has 0 aromatic heterocycles. The van der Waals surface area contributed by atoms with Crippen LogP contribution >= 0.6 is 0 Å². The Hall–Kier alpha value is -2.23. The number of halogens is 9. The second kappa shape index (κ2) is 8.38. The molecule has 0 atom stereocenters. The molecule has 1 aliphatic heterocycles. The highest BCUT2D eigenvalue weighted by molar-refractivity contribution is 7.88. The molecule has 2 aliphatic carbocycles. The molecular formula is C21H20F9NO5S. The van der Waals surface area contributed by atoms with Crippen LogP contribution in [0.5, 0.6) is 5.75 Å². The number of fused-ring (bicyclic) bond motifs is 1. The summed E-state index contributed by atoms with van der Waals surface area (Å²) in [6, 6.07) is 3.25. The third-order valence-corrected chi connectivity index (χ3v) is 8.48. The molecule has 0 amide bonds. The van der Waals surface area contributed by atoms with Crippen molar-refractivity contribution in [1.82, 2.24) is 4.90 Å². The molecule has 0 radical (unpaired) electrons. The zero-order chi connectivity index (χ0) is 27.8. The summed E-state index contributed by atoms with van der Waals surface area (Å²) in [6.07, 6.45) is -5.03. The number of rotatable bonds is 7. The summed E-state index contributed by atoms with van der Waals surface area (Å²) < 4.78 is 150. The van der Waals surface area contributed by atoms with Gasteiger partial charge < -0.3 is 8.92 Å².